The third-order valence-electron chi connectivity index (χ3n) is 5.19. The maximum atomic E-state index is 12.4. The monoisotopic (exact) mass is 486 g/mol. The zero-order chi connectivity index (χ0) is 24.3. The molecule has 4 N–H and O–H groups in total. The number of hydrogen-bond acceptors (Lipinski definition) is 7. The van der Waals surface area contributed by atoms with Crippen molar-refractivity contribution in [1.29, 1.82) is 0 Å². The summed E-state index contributed by atoms with van der Waals surface area (Å²) in [5.41, 5.74) is 1.21. The Morgan fingerprint density at radius 2 is 1.88 bits per heavy atom. The molecule has 2 aromatic rings. The minimum Gasteiger partial charge on any atom is -0.497 e. The first-order valence-electron chi connectivity index (χ1n) is 11.0. The Morgan fingerprint density at radius 3 is 2.62 bits per heavy atom. The van der Waals surface area contributed by atoms with Crippen molar-refractivity contribution in [3.63, 3.8) is 0 Å². The number of anilines is 1. The lowest BCUT2D eigenvalue weighted by Crippen LogP contribution is -2.56. The first kappa shape index (κ1) is 25.4. The number of hydrogen-bond donors (Lipinski definition) is 4. The fraction of sp³-hybridized carbons (Fsp3) is 0.375. The van der Waals surface area contributed by atoms with Crippen LogP contribution >= 0.6 is 11.8 Å². The highest BCUT2D eigenvalue weighted by atomic mass is 32.2. The second kappa shape index (κ2) is 12.9. The molecule has 0 saturated carbocycles. The topological polar surface area (TPSA) is 118 Å². The maximum Gasteiger partial charge on any atom is 0.234 e. The molecule has 1 heterocycles. The molecule has 2 unspecified atom stereocenters. The highest BCUT2D eigenvalue weighted by Gasteiger charge is 2.28. The lowest BCUT2D eigenvalue weighted by Gasteiger charge is -2.30. The third-order valence-corrected chi connectivity index (χ3v) is 6.20. The normalized spacial score (nSPS) is 17.4. The van der Waals surface area contributed by atoms with Crippen LogP contribution in [0.2, 0.25) is 0 Å². The van der Waals surface area contributed by atoms with Crippen LogP contribution in [0.4, 0.5) is 5.69 Å². The molecule has 0 bridgehead atoms. The summed E-state index contributed by atoms with van der Waals surface area (Å²) >= 11 is 1.24. The number of benzene rings is 2. The number of ether oxygens (including phenoxy) is 2. The molecule has 3 amide bonds. The number of rotatable bonds is 11. The number of amides is 3. The molecule has 1 saturated heterocycles. The number of carbonyl (C=O) groups is 3. The van der Waals surface area contributed by atoms with E-state index in [1.54, 1.807) is 25.3 Å². The van der Waals surface area contributed by atoms with E-state index >= 15 is 0 Å². The van der Waals surface area contributed by atoms with Gasteiger partial charge in [-0.15, -0.1) is 11.8 Å². The van der Waals surface area contributed by atoms with Crippen molar-refractivity contribution < 1.29 is 23.9 Å². The molecule has 9 nitrogen and oxygen atoms in total. The molecule has 1 aliphatic rings. The van der Waals surface area contributed by atoms with Crippen LogP contribution in [0.15, 0.2) is 48.5 Å². The summed E-state index contributed by atoms with van der Waals surface area (Å²) < 4.78 is 10.5. The van der Waals surface area contributed by atoms with E-state index in [4.69, 9.17) is 9.47 Å². The van der Waals surface area contributed by atoms with Crippen molar-refractivity contribution >= 4 is 35.2 Å². The van der Waals surface area contributed by atoms with E-state index in [2.05, 4.69) is 21.3 Å². The van der Waals surface area contributed by atoms with Gasteiger partial charge in [0.05, 0.1) is 25.7 Å². The summed E-state index contributed by atoms with van der Waals surface area (Å²) in [4.78, 5) is 36.9. The predicted octanol–water partition coefficient (Wildman–Crippen LogP) is 1.89. The first-order valence-corrected chi connectivity index (χ1v) is 12.0. The second-order valence-electron chi connectivity index (χ2n) is 7.73. The van der Waals surface area contributed by atoms with Crippen LogP contribution in [-0.4, -0.2) is 55.8 Å². The second-order valence-corrected chi connectivity index (χ2v) is 8.82. The van der Waals surface area contributed by atoms with Gasteiger partial charge in [-0.3, -0.25) is 19.7 Å². The Balaban J connectivity index is 1.42. The molecule has 3 rings (SSSR count). The average Bonchev–Trinajstić information content (AvgIpc) is 2.83. The third kappa shape index (κ3) is 7.96. The zero-order valence-electron chi connectivity index (χ0n) is 19.3. The predicted molar refractivity (Wildman–Crippen MR) is 132 cm³/mol. The van der Waals surface area contributed by atoms with E-state index in [9.17, 15) is 14.4 Å². The quantitative estimate of drug-likeness (QED) is 0.383. The van der Waals surface area contributed by atoms with Crippen LogP contribution in [0.5, 0.6) is 11.5 Å². The summed E-state index contributed by atoms with van der Waals surface area (Å²) in [5.74, 6) is 0.689. The Hall–Kier alpha value is -3.24. The van der Waals surface area contributed by atoms with E-state index in [-0.39, 0.29) is 42.4 Å². The largest absolute Gasteiger partial charge is 0.497 e. The standard InChI is InChI=1S/C24H30N4O5S/c1-32-18-8-9-19(20(14-18)33-2)27-23(31)15-34-24-26-17(13-22(30)28-24)12-21(29)25-11-10-16-6-4-3-5-7-16/h3-9,14,17,24,26H,10-13,15H2,1-2H3,(H,25,29)(H,27,31)(H,28,30). The van der Waals surface area contributed by atoms with Gasteiger partial charge in [-0.1, -0.05) is 30.3 Å². The summed E-state index contributed by atoms with van der Waals surface area (Å²) in [6.45, 7) is 0.537. The van der Waals surface area contributed by atoms with Gasteiger partial charge in [0.15, 0.2) is 0 Å². The van der Waals surface area contributed by atoms with Crippen molar-refractivity contribution in [2.45, 2.75) is 30.8 Å². The van der Waals surface area contributed by atoms with E-state index in [0.29, 0.717) is 23.7 Å². The van der Waals surface area contributed by atoms with E-state index < -0.39 is 5.50 Å². The average molecular weight is 487 g/mol. The minimum absolute atomic E-state index is 0.100. The van der Waals surface area contributed by atoms with Crippen molar-refractivity contribution in [2.75, 3.05) is 31.8 Å². The van der Waals surface area contributed by atoms with Gasteiger partial charge in [0.2, 0.25) is 17.7 Å². The Labute approximate surface area is 203 Å². The van der Waals surface area contributed by atoms with Gasteiger partial charge >= 0.3 is 0 Å². The molecule has 2 atom stereocenters. The lowest BCUT2D eigenvalue weighted by molar-refractivity contribution is -0.125. The van der Waals surface area contributed by atoms with Gasteiger partial charge in [0.1, 0.15) is 17.0 Å². The van der Waals surface area contributed by atoms with E-state index in [1.807, 2.05) is 30.3 Å². The number of nitrogens with one attached hydrogen (secondary N) is 4. The van der Waals surface area contributed by atoms with Crippen LogP contribution in [0.3, 0.4) is 0 Å². The van der Waals surface area contributed by atoms with E-state index in [1.165, 1.54) is 18.9 Å². The maximum absolute atomic E-state index is 12.4. The number of carbonyl (C=O) groups excluding carboxylic acids is 3. The summed E-state index contributed by atoms with van der Waals surface area (Å²) in [7, 11) is 3.06. The Morgan fingerprint density at radius 1 is 1.09 bits per heavy atom. The van der Waals surface area contributed by atoms with Gasteiger partial charge in [0, 0.05) is 31.5 Å². The summed E-state index contributed by atoms with van der Waals surface area (Å²) in [5, 5.41) is 11.7. The molecule has 0 aromatic heterocycles. The Bertz CT molecular complexity index is 989. The molecule has 0 aliphatic carbocycles. The molecule has 34 heavy (non-hydrogen) atoms. The van der Waals surface area contributed by atoms with Gasteiger partial charge < -0.3 is 25.4 Å². The zero-order valence-corrected chi connectivity index (χ0v) is 20.1. The summed E-state index contributed by atoms with van der Waals surface area (Å²) in [6.07, 6.45) is 1.14. The SMILES string of the molecule is COc1ccc(NC(=O)CSC2NC(=O)CC(CC(=O)NCCc3ccccc3)N2)c(OC)c1. The molecular formula is C24H30N4O5S. The fourth-order valence-electron chi connectivity index (χ4n) is 3.50. The first-order chi connectivity index (χ1) is 16.5. The molecule has 0 radical (unpaired) electrons. The van der Waals surface area contributed by atoms with Crippen LogP contribution in [0.1, 0.15) is 18.4 Å². The summed E-state index contributed by atoms with van der Waals surface area (Å²) in [6, 6.07) is 14.7. The van der Waals surface area contributed by atoms with Crippen LogP contribution in [-0.2, 0) is 20.8 Å². The molecule has 0 spiro atoms. The van der Waals surface area contributed by atoms with Crippen molar-refractivity contribution in [1.82, 2.24) is 16.0 Å². The molecular weight excluding hydrogens is 456 g/mol. The van der Waals surface area contributed by atoms with Gasteiger partial charge in [-0.25, -0.2) is 0 Å². The van der Waals surface area contributed by atoms with Crippen LogP contribution in [0, 0.1) is 0 Å². The van der Waals surface area contributed by atoms with Crippen molar-refractivity contribution in [3.05, 3.63) is 54.1 Å². The fourth-order valence-corrected chi connectivity index (χ4v) is 4.39. The van der Waals surface area contributed by atoms with Crippen molar-refractivity contribution in [2.24, 2.45) is 0 Å². The smallest absolute Gasteiger partial charge is 0.234 e. The highest BCUT2D eigenvalue weighted by Crippen LogP contribution is 2.29. The Kier molecular flexibility index (Phi) is 9.60. The van der Waals surface area contributed by atoms with Gasteiger partial charge in [-0.05, 0) is 24.1 Å². The minimum atomic E-state index is -0.466. The van der Waals surface area contributed by atoms with E-state index in [0.717, 1.165) is 12.0 Å². The highest BCUT2D eigenvalue weighted by molar-refractivity contribution is 8.00. The molecule has 182 valence electrons. The lowest BCUT2D eigenvalue weighted by atomic mass is 10.1. The van der Waals surface area contributed by atoms with Crippen LogP contribution < -0.4 is 30.7 Å². The molecule has 10 heteroatoms. The molecule has 2 aromatic carbocycles. The van der Waals surface area contributed by atoms with Gasteiger partial charge in [0.25, 0.3) is 0 Å². The van der Waals surface area contributed by atoms with Crippen LogP contribution in [0.25, 0.3) is 0 Å². The van der Waals surface area contributed by atoms with Crippen molar-refractivity contribution in [3.8, 4) is 11.5 Å². The number of thioether (sulfide) groups is 1. The van der Waals surface area contributed by atoms with Gasteiger partial charge in [-0.2, -0.15) is 0 Å². The number of methoxy groups -OCH3 is 2. The molecule has 1 aliphatic heterocycles. The molecule has 1 fully saturated rings.